The van der Waals surface area contributed by atoms with E-state index in [0.717, 1.165) is 12.8 Å². The maximum atomic E-state index is 11.8. The van der Waals surface area contributed by atoms with Gasteiger partial charge in [0.2, 0.25) is 0 Å². The lowest BCUT2D eigenvalue weighted by Gasteiger charge is -2.32. The topological polar surface area (TPSA) is 34.1 Å². The smallest absolute Gasteiger partial charge is 0.158 e. The lowest BCUT2D eigenvalue weighted by atomic mass is 10.1. The van der Waals surface area contributed by atoms with Crippen molar-refractivity contribution in [1.82, 2.24) is 0 Å². The second-order valence-electron chi connectivity index (χ2n) is 3.41. The van der Waals surface area contributed by atoms with Crippen LogP contribution in [0.5, 0.6) is 0 Å². The molecule has 1 saturated heterocycles. The molecule has 0 bridgehead atoms. The van der Waals surface area contributed by atoms with Gasteiger partial charge in [-0.2, -0.15) is 0 Å². The van der Waals surface area contributed by atoms with E-state index in [0.29, 0.717) is 19.6 Å². The van der Waals surface area contributed by atoms with Gasteiger partial charge in [-0.1, -0.05) is 14.9 Å². The van der Waals surface area contributed by atoms with Crippen LogP contribution in [0.4, 0.5) is 0 Å². The minimum atomic E-state index is -2.78. The Morgan fingerprint density at radius 2 is 2.15 bits per heavy atom. The first-order chi connectivity index (χ1) is 5.99. The van der Waals surface area contributed by atoms with Crippen LogP contribution in [-0.4, -0.2) is 19.2 Å². The van der Waals surface area contributed by atoms with Crippen molar-refractivity contribution < 1.29 is 8.42 Å². The van der Waals surface area contributed by atoms with Gasteiger partial charge in [-0.05, 0) is 26.1 Å². The highest BCUT2D eigenvalue weighted by Gasteiger charge is 2.37. The summed E-state index contributed by atoms with van der Waals surface area (Å²) >= 11 is 0. The lowest BCUT2D eigenvalue weighted by molar-refractivity contribution is 0.500. The minimum Gasteiger partial charge on any atom is -0.228 e. The third-order valence-corrected chi connectivity index (χ3v) is 18.0. The Hall–Kier alpha value is 1.67. The molecule has 7 heteroatoms. The van der Waals surface area contributed by atoms with Crippen molar-refractivity contribution in [2.24, 2.45) is 5.92 Å². The Morgan fingerprint density at radius 1 is 1.54 bits per heavy atom. The Morgan fingerprint density at radius 3 is 2.62 bits per heavy atom. The molecule has 0 radical (unpaired) electrons. The zero-order chi connectivity index (χ0) is 10.1. The molecule has 0 aromatic rings. The molecule has 13 heavy (non-hydrogen) atoms. The van der Waals surface area contributed by atoms with E-state index in [1.807, 2.05) is 0 Å². The molecule has 1 rings (SSSR count). The maximum absolute atomic E-state index is 11.8. The zero-order valence-corrected chi connectivity index (χ0v) is 12.6. The first-order valence-corrected chi connectivity index (χ1v) is 12.6. The highest BCUT2D eigenvalue weighted by Crippen LogP contribution is 2.72. The van der Waals surface area contributed by atoms with Gasteiger partial charge in [0.15, 0.2) is 9.84 Å². The van der Waals surface area contributed by atoms with E-state index in [1.54, 1.807) is 0 Å². The van der Waals surface area contributed by atoms with Crippen molar-refractivity contribution in [3.05, 3.63) is 0 Å². The van der Waals surface area contributed by atoms with Crippen LogP contribution in [-0.2, 0) is 9.84 Å². The fourth-order valence-electron chi connectivity index (χ4n) is 1.74. The molecule has 78 valence electrons. The van der Waals surface area contributed by atoms with Gasteiger partial charge in [-0.25, -0.2) is 8.42 Å². The van der Waals surface area contributed by atoms with E-state index in [1.165, 1.54) is 0 Å². The molecule has 6 unspecified atom stereocenters. The number of hydrogen-bond donors (Lipinski definition) is 0. The van der Waals surface area contributed by atoms with E-state index in [-0.39, 0.29) is 4.99 Å². The largest absolute Gasteiger partial charge is 0.228 e. The molecule has 0 spiro atoms. The third-order valence-electron chi connectivity index (χ3n) is 2.37. The lowest BCUT2D eigenvalue weighted by Crippen LogP contribution is -2.31. The highest BCUT2D eigenvalue weighted by atomic mass is 32.6. The standard InChI is InChI=1S/C6H16O2P4S/c1-5-3-2-4-13(7,8)6(5)12(10)11-9/h5-6,11H,2-4,9-10H2,1H3. The second kappa shape index (κ2) is 5.14. The fourth-order valence-corrected chi connectivity index (χ4v) is 14.1. The highest BCUT2D eigenvalue weighted by molar-refractivity contribution is 8.62. The van der Waals surface area contributed by atoms with Gasteiger partial charge in [-0.3, -0.25) is 0 Å². The average Bonchev–Trinajstić information content (AvgIpc) is 2.02. The summed E-state index contributed by atoms with van der Waals surface area (Å²) in [6, 6.07) is 0. The van der Waals surface area contributed by atoms with Crippen molar-refractivity contribution in [3.63, 3.8) is 0 Å². The van der Waals surface area contributed by atoms with E-state index >= 15 is 0 Å². The van der Waals surface area contributed by atoms with E-state index in [9.17, 15) is 8.42 Å². The van der Waals surface area contributed by atoms with E-state index < -0.39 is 17.1 Å². The average molecular weight is 276 g/mol. The van der Waals surface area contributed by atoms with Crippen LogP contribution in [0.2, 0.25) is 0 Å². The monoisotopic (exact) mass is 276 g/mol. The van der Waals surface area contributed by atoms with Crippen molar-refractivity contribution in [3.8, 4) is 0 Å². The summed E-state index contributed by atoms with van der Waals surface area (Å²) in [7, 11) is 2.92. The maximum Gasteiger partial charge on any atom is 0.158 e. The molecule has 1 fully saturated rings. The normalized spacial score (nSPS) is 36.5. The Balaban J connectivity index is 2.87. The molecule has 0 aliphatic carbocycles. The molecule has 0 aromatic heterocycles. The SMILES string of the molecule is CC1CCCS(=O)(=O)C1P(P)PP. The molecule has 0 N–H and O–H groups in total. The predicted molar refractivity (Wildman–Crippen MR) is 70.6 cm³/mol. The summed E-state index contributed by atoms with van der Waals surface area (Å²) in [4.78, 5) is -0.0583. The first-order valence-electron chi connectivity index (χ1n) is 4.21. The van der Waals surface area contributed by atoms with Gasteiger partial charge in [0.25, 0.3) is 0 Å². The van der Waals surface area contributed by atoms with Gasteiger partial charge >= 0.3 is 0 Å². The third kappa shape index (κ3) is 3.06. The Labute approximate surface area is 87.9 Å². The Kier molecular flexibility index (Phi) is 5.03. The van der Waals surface area contributed by atoms with Crippen LogP contribution >= 0.6 is 33.1 Å². The zero-order valence-electron chi connectivity index (χ0n) is 7.60. The molecule has 1 heterocycles. The van der Waals surface area contributed by atoms with Gasteiger partial charge in [0.1, 0.15) is 0 Å². The van der Waals surface area contributed by atoms with E-state index in [2.05, 4.69) is 24.8 Å². The van der Waals surface area contributed by atoms with Crippen molar-refractivity contribution >= 4 is 43.0 Å². The number of sulfone groups is 1. The number of rotatable bonds is 2. The molecule has 0 aromatic carbocycles. The molecule has 6 atom stereocenters. The minimum absolute atomic E-state index is 0.0583. The molecule has 1 aliphatic rings. The van der Waals surface area contributed by atoms with Gasteiger partial charge in [0.05, 0.1) is 10.7 Å². The summed E-state index contributed by atoms with van der Waals surface area (Å²) in [5.41, 5.74) is 0. The summed E-state index contributed by atoms with van der Waals surface area (Å²) in [6.45, 7) is 2.07. The fraction of sp³-hybridized carbons (Fsp3) is 1.00. The van der Waals surface area contributed by atoms with Crippen LogP contribution in [0.3, 0.4) is 0 Å². The summed E-state index contributed by atoms with van der Waals surface area (Å²) < 4.78 is 23.6. The van der Waals surface area contributed by atoms with Crippen molar-refractivity contribution in [1.29, 1.82) is 0 Å². The summed E-state index contributed by atoms with van der Waals surface area (Å²) in [5, 5.41) is 0. The van der Waals surface area contributed by atoms with Crippen LogP contribution in [0.1, 0.15) is 19.8 Å². The summed E-state index contributed by atoms with van der Waals surface area (Å²) in [6.07, 6.45) is 1.93. The van der Waals surface area contributed by atoms with Gasteiger partial charge in [-0.15, -0.1) is 17.9 Å². The Bertz CT molecular complexity index is 262. The molecule has 1 aliphatic heterocycles. The molecular formula is C6H16O2P4S. The molecular weight excluding hydrogens is 260 g/mol. The number of hydrogen-bond acceptors (Lipinski definition) is 2. The second-order valence-corrected chi connectivity index (χ2v) is 15.5. The predicted octanol–water partition coefficient (Wildman–Crippen LogP) is 2.81. The first kappa shape index (κ1) is 12.7. The summed E-state index contributed by atoms with van der Waals surface area (Å²) in [5.74, 6) is 0.764. The van der Waals surface area contributed by atoms with Crippen LogP contribution in [0.15, 0.2) is 0 Å². The molecule has 0 amide bonds. The van der Waals surface area contributed by atoms with Gasteiger partial charge < -0.3 is 0 Å². The van der Waals surface area contributed by atoms with E-state index in [4.69, 9.17) is 0 Å². The van der Waals surface area contributed by atoms with Crippen LogP contribution < -0.4 is 0 Å². The quantitative estimate of drug-likeness (QED) is 0.727. The van der Waals surface area contributed by atoms with Gasteiger partial charge in [0, 0.05) is 0 Å². The molecule has 0 saturated carbocycles. The van der Waals surface area contributed by atoms with Crippen molar-refractivity contribution in [2.75, 3.05) is 5.75 Å². The van der Waals surface area contributed by atoms with Crippen LogP contribution in [0, 0.1) is 5.92 Å². The van der Waals surface area contributed by atoms with Crippen molar-refractivity contribution in [2.45, 2.75) is 24.8 Å². The van der Waals surface area contributed by atoms with Crippen LogP contribution in [0.25, 0.3) is 0 Å². The molecule has 2 nitrogen and oxygen atoms in total.